The van der Waals surface area contributed by atoms with Gasteiger partial charge in [-0.1, -0.05) is 0 Å². The molecule has 0 radical (unpaired) electrons. The molecular formula is C7H12N4O3. The number of amides is 1. The van der Waals surface area contributed by atoms with Crippen LogP contribution in [-0.4, -0.2) is 45.9 Å². The van der Waals surface area contributed by atoms with Gasteiger partial charge < -0.3 is 15.7 Å². The first-order valence-electron chi connectivity index (χ1n) is 4.04. The largest absolute Gasteiger partial charge is 0.392 e. The van der Waals surface area contributed by atoms with E-state index in [1.165, 1.54) is 11.9 Å². The van der Waals surface area contributed by atoms with E-state index in [9.17, 15) is 4.79 Å². The van der Waals surface area contributed by atoms with Crippen LogP contribution in [0.4, 0.5) is 5.82 Å². The lowest BCUT2D eigenvalue weighted by atomic mass is 10.3. The molecule has 7 nitrogen and oxygen atoms in total. The summed E-state index contributed by atoms with van der Waals surface area (Å²) < 4.78 is 4.29. The molecule has 0 aliphatic carbocycles. The molecule has 0 bridgehead atoms. The van der Waals surface area contributed by atoms with Crippen molar-refractivity contribution in [2.45, 2.75) is 13.0 Å². The van der Waals surface area contributed by atoms with Gasteiger partial charge in [-0.2, -0.15) is 0 Å². The highest BCUT2D eigenvalue weighted by molar-refractivity contribution is 5.95. The first kappa shape index (κ1) is 10.5. The predicted octanol–water partition coefficient (Wildman–Crippen LogP) is -0.895. The molecule has 1 heterocycles. The van der Waals surface area contributed by atoms with Crippen LogP contribution in [-0.2, 0) is 0 Å². The Hall–Kier alpha value is -1.63. The van der Waals surface area contributed by atoms with Crippen LogP contribution in [0.3, 0.4) is 0 Å². The van der Waals surface area contributed by atoms with Crippen LogP contribution in [0.2, 0.25) is 0 Å². The summed E-state index contributed by atoms with van der Waals surface area (Å²) >= 11 is 0. The lowest BCUT2D eigenvalue weighted by Gasteiger charge is -2.16. The van der Waals surface area contributed by atoms with E-state index in [0.29, 0.717) is 0 Å². The van der Waals surface area contributed by atoms with Crippen molar-refractivity contribution >= 4 is 11.7 Å². The highest BCUT2D eigenvalue weighted by Crippen LogP contribution is 2.07. The summed E-state index contributed by atoms with van der Waals surface area (Å²) in [5, 5.41) is 15.7. The Bertz CT molecular complexity index is 322. The third kappa shape index (κ3) is 2.19. The molecule has 1 rings (SSSR count). The van der Waals surface area contributed by atoms with Crippen molar-refractivity contribution in [3.63, 3.8) is 0 Å². The SMILES string of the molecule is CC(O)CN(C)C(=O)c1nonc1N. The van der Waals surface area contributed by atoms with Gasteiger partial charge in [0.1, 0.15) is 0 Å². The van der Waals surface area contributed by atoms with E-state index >= 15 is 0 Å². The minimum Gasteiger partial charge on any atom is -0.392 e. The number of nitrogens with two attached hydrogens (primary N) is 1. The molecule has 0 aromatic carbocycles. The monoisotopic (exact) mass is 200 g/mol. The normalized spacial score (nSPS) is 12.5. The second-order valence-electron chi connectivity index (χ2n) is 3.03. The Morgan fingerprint density at radius 3 is 2.79 bits per heavy atom. The van der Waals surface area contributed by atoms with Crippen molar-refractivity contribution in [1.29, 1.82) is 0 Å². The summed E-state index contributed by atoms with van der Waals surface area (Å²) in [6.45, 7) is 1.78. The zero-order valence-corrected chi connectivity index (χ0v) is 7.97. The van der Waals surface area contributed by atoms with Gasteiger partial charge in [-0.15, -0.1) is 0 Å². The summed E-state index contributed by atoms with van der Waals surface area (Å²) in [5.74, 6) is -0.475. The highest BCUT2D eigenvalue weighted by Gasteiger charge is 2.20. The van der Waals surface area contributed by atoms with Crippen LogP contribution in [0.25, 0.3) is 0 Å². The second-order valence-corrected chi connectivity index (χ2v) is 3.03. The Balaban J connectivity index is 2.71. The van der Waals surface area contributed by atoms with Crippen LogP contribution >= 0.6 is 0 Å². The number of carbonyl (C=O) groups is 1. The number of nitrogens with zero attached hydrogens (tertiary/aromatic N) is 3. The maximum Gasteiger partial charge on any atom is 0.279 e. The fraction of sp³-hybridized carbons (Fsp3) is 0.571. The third-order valence-electron chi connectivity index (χ3n) is 1.60. The number of aromatic nitrogens is 2. The zero-order chi connectivity index (χ0) is 10.7. The van der Waals surface area contributed by atoms with Gasteiger partial charge in [-0.3, -0.25) is 4.79 Å². The third-order valence-corrected chi connectivity index (χ3v) is 1.60. The average Bonchev–Trinajstić information content (AvgIpc) is 2.48. The van der Waals surface area contributed by atoms with Crippen molar-refractivity contribution < 1.29 is 14.5 Å². The van der Waals surface area contributed by atoms with Gasteiger partial charge in [0.15, 0.2) is 0 Å². The highest BCUT2D eigenvalue weighted by atomic mass is 16.6. The maximum absolute atomic E-state index is 11.5. The van der Waals surface area contributed by atoms with Gasteiger partial charge >= 0.3 is 0 Å². The van der Waals surface area contributed by atoms with E-state index < -0.39 is 12.0 Å². The molecule has 1 atom stereocenters. The number of aliphatic hydroxyl groups excluding tert-OH is 1. The lowest BCUT2D eigenvalue weighted by Crippen LogP contribution is -2.33. The summed E-state index contributed by atoms with van der Waals surface area (Å²) in [6, 6.07) is 0. The molecule has 0 aliphatic rings. The smallest absolute Gasteiger partial charge is 0.279 e. The summed E-state index contributed by atoms with van der Waals surface area (Å²) in [6.07, 6.45) is -0.606. The van der Waals surface area contributed by atoms with Gasteiger partial charge in [0.05, 0.1) is 6.10 Å². The van der Waals surface area contributed by atoms with Crippen LogP contribution in [0.5, 0.6) is 0 Å². The van der Waals surface area contributed by atoms with Crippen LogP contribution in [0.15, 0.2) is 4.63 Å². The fourth-order valence-electron chi connectivity index (χ4n) is 1.00. The number of rotatable bonds is 3. The molecule has 1 amide bonds. The Kier molecular flexibility index (Phi) is 3.03. The van der Waals surface area contributed by atoms with E-state index in [-0.39, 0.29) is 18.1 Å². The minimum atomic E-state index is -0.606. The molecule has 78 valence electrons. The van der Waals surface area contributed by atoms with Crippen molar-refractivity contribution in [2.75, 3.05) is 19.3 Å². The topological polar surface area (TPSA) is 105 Å². The molecule has 0 spiro atoms. The standard InChI is InChI=1S/C7H12N4O3/c1-4(12)3-11(2)7(13)5-6(8)10-14-9-5/h4,12H,3H2,1-2H3,(H2,8,10). The molecular weight excluding hydrogens is 188 g/mol. The first-order valence-corrected chi connectivity index (χ1v) is 4.04. The molecule has 0 fully saturated rings. The number of nitrogen functional groups attached to an aromatic ring is 1. The molecule has 0 saturated heterocycles. The zero-order valence-electron chi connectivity index (χ0n) is 7.97. The van der Waals surface area contributed by atoms with E-state index in [1.807, 2.05) is 0 Å². The number of hydrogen-bond acceptors (Lipinski definition) is 6. The van der Waals surface area contributed by atoms with E-state index in [2.05, 4.69) is 14.9 Å². The summed E-state index contributed by atoms with van der Waals surface area (Å²) in [7, 11) is 1.53. The Morgan fingerprint density at radius 2 is 2.36 bits per heavy atom. The van der Waals surface area contributed by atoms with Gasteiger partial charge in [-0.05, 0) is 17.2 Å². The van der Waals surface area contributed by atoms with Crippen LogP contribution < -0.4 is 5.73 Å². The number of anilines is 1. The average molecular weight is 200 g/mol. The van der Waals surface area contributed by atoms with Gasteiger partial charge in [0.25, 0.3) is 5.91 Å². The predicted molar refractivity (Wildman–Crippen MR) is 47.4 cm³/mol. The number of hydrogen-bond donors (Lipinski definition) is 2. The molecule has 0 saturated carbocycles. The second kappa shape index (κ2) is 4.05. The first-order chi connectivity index (χ1) is 6.52. The summed E-state index contributed by atoms with van der Waals surface area (Å²) in [4.78, 5) is 12.8. The van der Waals surface area contributed by atoms with Gasteiger partial charge in [0.2, 0.25) is 11.5 Å². The fourth-order valence-corrected chi connectivity index (χ4v) is 1.00. The molecule has 1 aromatic heterocycles. The molecule has 1 unspecified atom stereocenters. The van der Waals surface area contributed by atoms with Gasteiger partial charge in [0, 0.05) is 13.6 Å². The molecule has 0 aliphatic heterocycles. The van der Waals surface area contributed by atoms with Gasteiger partial charge in [-0.25, -0.2) is 4.63 Å². The van der Waals surface area contributed by atoms with Crippen LogP contribution in [0, 0.1) is 0 Å². The molecule has 3 N–H and O–H groups in total. The van der Waals surface area contributed by atoms with E-state index in [1.54, 1.807) is 6.92 Å². The molecule has 7 heteroatoms. The molecule has 1 aromatic rings. The van der Waals surface area contributed by atoms with Crippen molar-refractivity contribution in [2.24, 2.45) is 0 Å². The van der Waals surface area contributed by atoms with E-state index in [4.69, 9.17) is 10.8 Å². The Morgan fingerprint density at radius 1 is 1.71 bits per heavy atom. The number of aliphatic hydroxyl groups is 1. The summed E-state index contributed by atoms with van der Waals surface area (Å²) in [5.41, 5.74) is 5.30. The maximum atomic E-state index is 11.5. The minimum absolute atomic E-state index is 0.0341. The molecule has 14 heavy (non-hydrogen) atoms. The Labute approximate surface area is 80.4 Å². The quantitative estimate of drug-likeness (QED) is 0.655. The van der Waals surface area contributed by atoms with Crippen molar-refractivity contribution in [3.8, 4) is 0 Å². The van der Waals surface area contributed by atoms with Crippen molar-refractivity contribution in [1.82, 2.24) is 15.2 Å². The van der Waals surface area contributed by atoms with E-state index in [0.717, 1.165) is 0 Å². The number of carbonyl (C=O) groups excluding carboxylic acids is 1. The number of likely N-dealkylation sites (N-methyl/N-ethyl adjacent to an activating group) is 1. The van der Waals surface area contributed by atoms with Crippen molar-refractivity contribution in [3.05, 3.63) is 5.69 Å². The van der Waals surface area contributed by atoms with Crippen LogP contribution in [0.1, 0.15) is 17.4 Å². The lowest BCUT2D eigenvalue weighted by molar-refractivity contribution is 0.0694.